The molecule has 1 saturated carbocycles. The summed E-state index contributed by atoms with van der Waals surface area (Å²) >= 11 is 0. The molecule has 1 aliphatic carbocycles. The van der Waals surface area contributed by atoms with E-state index in [4.69, 9.17) is 9.26 Å². The maximum atomic E-state index is 13.3. The molecule has 0 radical (unpaired) electrons. The van der Waals surface area contributed by atoms with E-state index in [0.29, 0.717) is 11.3 Å². The van der Waals surface area contributed by atoms with Crippen LogP contribution in [0.5, 0.6) is 0 Å². The molecule has 1 heterocycles. The Morgan fingerprint density at radius 3 is 2.24 bits per heavy atom. The number of hydrogen-bond acceptors (Lipinski definition) is 8. The SMILES string of the molecule is Cc1cc(-c2c(S(C)(=O)=O)ccc(C(=O)C3C(=O)CC(COC(C)(C)C)CC3=O)c2C)on1. The number of benzene rings is 1. The van der Waals surface area contributed by atoms with Gasteiger partial charge in [0.1, 0.15) is 5.92 Å². The van der Waals surface area contributed by atoms with Crippen molar-refractivity contribution in [1.82, 2.24) is 5.16 Å². The largest absolute Gasteiger partial charge is 0.376 e. The molecule has 178 valence electrons. The van der Waals surface area contributed by atoms with Crippen LogP contribution < -0.4 is 0 Å². The molecule has 2 aromatic rings. The molecule has 1 aliphatic rings. The number of aryl methyl sites for hydroxylation is 1. The summed E-state index contributed by atoms with van der Waals surface area (Å²) in [5.41, 5.74) is 0.783. The van der Waals surface area contributed by atoms with Crippen LogP contribution in [0.15, 0.2) is 27.6 Å². The molecule has 0 N–H and O–H groups in total. The van der Waals surface area contributed by atoms with Crippen molar-refractivity contribution in [1.29, 1.82) is 0 Å². The predicted octanol–water partition coefficient (Wildman–Crippen LogP) is 3.52. The molecular weight excluding hydrogens is 446 g/mol. The Bertz CT molecular complexity index is 1200. The third kappa shape index (κ3) is 5.47. The summed E-state index contributed by atoms with van der Waals surface area (Å²) < 4.78 is 35.7. The van der Waals surface area contributed by atoms with E-state index in [1.54, 1.807) is 19.9 Å². The van der Waals surface area contributed by atoms with Crippen molar-refractivity contribution < 1.29 is 32.1 Å². The zero-order valence-corrected chi connectivity index (χ0v) is 20.5. The molecule has 0 spiro atoms. The van der Waals surface area contributed by atoms with Crippen LogP contribution >= 0.6 is 0 Å². The van der Waals surface area contributed by atoms with E-state index in [1.165, 1.54) is 12.1 Å². The number of ether oxygens (including phenoxy) is 1. The minimum absolute atomic E-state index is 0.0200. The highest BCUT2D eigenvalue weighted by Gasteiger charge is 2.41. The van der Waals surface area contributed by atoms with Crippen LogP contribution in [0.2, 0.25) is 0 Å². The van der Waals surface area contributed by atoms with Crippen LogP contribution in [0.3, 0.4) is 0 Å². The highest BCUT2D eigenvalue weighted by atomic mass is 32.2. The van der Waals surface area contributed by atoms with Gasteiger partial charge in [-0.15, -0.1) is 0 Å². The van der Waals surface area contributed by atoms with Crippen LogP contribution in [0.1, 0.15) is 55.2 Å². The van der Waals surface area contributed by atoms with Crippen LogP contribution in [-0.4, -0.2) is 49.4 Å². The Labute approximate surface area is 193 Å². The highest BCUT2D eigenvalue weighted by Crippen LogP contribution is 2.35. The molecule has 8 nitrogen and oxygen atoms in total. The van der Waals surface area contributed by atoms with Gasteiger partial charge in [0.05, 0.1) is 22.8 Å². The first kappa shape index (κ1) is 25.0. The van der Waals surface area contributed by atoms with Crippen molar-refractivity contribution in [2.45, 2.75) is 58.0 Å². The Kier molecular flexibility index (Phi) is 6.77. The van der Waals surface area contributed by atoms with Gasteiger partial charge in [0.15, 0.2) is 32.9 Å². The molecule has 0 unspecified atom stereocenters. The standard InChI is InChI=1S/C24H29NO7S/c1-13-9-19(32-25-13)21-14(2)16(7-8-20(21)33(6,29)30)23(28)22-17(26)10-15(11-18(22)27)12-31-24(3,4)5/h7-9,15,22H,10-12H2,1-6H3. The van der Waals surface area contributed by atoms with Crippen LogP contribution in [-0.2, 0) is 24.2 Å². The summed E-state index contributed by atoms with van der Waals surface area (Å²) in [5.74, 6) is -2.99. The Balaban J connectivity index is 1.96. The molecule has 1 aromatic carbocycles. The van der Waals surface area contributed by atoms with Gasteiger partial charge in [-0.1, -0.05) is 5.16 Å². The van der Waals surface area contributed by atoms with E-state index in [0.717, 1.165) is 6.26 Å². The van der Waals surface area contributed by atoms with E-state index in [1.807, 2.05) is 20.8 Å². The minimum atomic E-state index is -3.66. The lowest BCUT2D eigenvalue weighted by atomic mass is 9.76. The smallest absolute Gasteiger partial charge is 0.181 e. The normalized spacial score (nSPS) is 19.7. The molecule has 0 atom stereocenters. The summed E-state index contributed by atoms with van der Waals surface area (Å²) in [6, 6.07) is 4.23. The lowest BCUT2D eigenvalue weighted by molar-refractivity contribution is -0.137. The Morgan fingerprint density at radius 1 is 1.15 bits per heavy atom. The van der Waals surface area contributed by atoms with E-state index in [2.05, 4.69) is 5.16 Å². The van der Waals surface area contributed by atoms with Gasteiger partial charge in [-0.25, -0.2) is 8.42 Å². The van der Waals surface area contributed by atoms with Crippen molar-refractivity contribution in [3.63, 3.8) is 0 Å². The maximum Gasteiger partial charge on any atom is 0.181 e. The topological polar surface area (TPSA) is 121 Å². The Morgan fingerprint density at radius 2 is 1.76 bits per heavy atom. The molecular formula is C24H29NO7S. The third-order valence-corrected chi connectivity index (χ3v) is 6.74. The van der Waals surface area contributed by atoms with E-state index < -0.39 is 38.7 Å². The maximum absolute atomic E-state index is 13.3. The van der Waals surface area contributed by atoms with Crippen LogP contribution in [0.25, 0.3) is 11.3 Å². The fourth-order valence-corrected chi connectivity index (χ4v) is 4.98. The van der Waals surface area contributed by atoms with Gasteiger partial charge >= 0.3 is 0 Å². The number of Topliss-reactive ketones (excluding diaryl/α,β-unsaturated/α-hetero) is 3. The van der Waals surface area contributed by atoms with E-state index in [9.17, 15) is 22.8 Å². The number of nitrogens with zero attached hydrogens (tertiary/aromatic N) is 1. The van der Waals surface area contributed by atoms with Crippen molar-refractivity contribution in [2.24, 2.45) is 11.8 Å². The number of hydrogen-bond donors (Lipinski definition) is 0. The lowest BCUT2D eigenvalue weighted by Gasteiger charge is -2.29. The fourth-order valence-electron chi connectivity index (χ4n) is 4.04. The molecule has 0 saturated heterocycles. The molecule has 0 amide bonds. The second-order valence-corrected chi connectivity index (χ2v) is 11.6. The average molecular weight is 476 g/mol. The van der Waals surface area contributed by atoms with Gasteiger partial charge in [-0.05, 0) is 58.2 Å². The lowest BCUT2D eigenvalue weighted by Crippen LogP contribution is -2.40. The molecule has 0 bridgehead atoms. The van der Waals surface area contributed by atoms with Gasteiger partial charge < -0.3 is 9.26 Å². The van der Waals surface area contributed by atoms with Gasteiger partial charge in [-0.3, -0.25) is 14.4 Å². The zero-order chi connectivity index (χ0) is 24.7. The van der Waals surface area contributed by atoms with Crippen LogP contribution in [0, 0.1) is 25.7 Å². The van der Waals surface area contributed by atoms with Gasteiger partial charge in [0.25, 0.3) is 0 Å². The first-order valence-electron chi connectivity index (χ1n) is 10.7. The highest BCUT2D eigenvalue weighted by molar-refractivity contribution is 7.90. The third-order valence-electron chi connectivity index (χ3n) is 5.60. The van der Waals surface area contributed by atoms with Gasteiger partial charge in [-0.2, -0.15) is 0 Å². The van der Waals surface area contributed by atoms with Crippen molar-refractivity contribution >= 4 is 27.2 Å². The second-order valence-electron chi connectivity index (χ2n) is 9.64. The molecule has 9 heteroatoms. The van der Waals surface area contributed by atoms with Crippen molar-refractivity contribution in [3.8, 4) is 11.3 Å². The average Bonchev–Trinajstić information content (AvgIpc) is 3.10. The summed E-state index contributed by atoms with van der Waals surface area (Å²) in [6.45, 7) is 9.20. The predicted molar refractivity (Wildman–Crippen MR) is 121 cm³/mol. The fraction of sp³-hybridized carbons (Fsp3) is 0.500. The second kappa shape index (κ2) is 8.95. The monoisotopic (exact) mass is 475 g/mol. The molecule has 0 aliphatic heterocycles. The summed E-state index contributed by atoms with van der Waals surface area (Å²) in [7, 11) is -3.66. The summed E-state index contributed by atoms with van der Waals surface area (Å²) in [4.78, 5) is 39.0. The van der Waals surface area contributed by atoms with Gasteiger partial charge in [0, 0.05) is 36.3 Å². The molecule has 1 aromatic heterocycles. The molecule has 1 fully saturated rings. The van der Waals surface area contributed by atoms with E-state index >= 15 is 0 Å². The number of carbonyl (C=O) groups excluding carboxylic acids is 3. The first-order chi connectivity index (χ1) is 15.2. The molecule has 33 heavy (non-hydrogen) atoms. The Hall–Kier alpha value is -2.65. The number of rotatable bonds is 6. The zero-order valence-electron chi connectivity index (χ0n) is 19.7. The number of aromatic nitrogens is 1. The van der Waals surface area contributed by atoms with Crippen molar-refractivity contribution in [3.05, 3.63) is 35.0 Å². The number of sulfone groups is 1. The van der Waals surface area contributed by atoms with Crippen molar-refractivity contribution in [2.75, 3.05) is 12.9 Å². The summed E-state index contributed by atoms with van der Waals surface area (Å²) in [5, 5.41) is 3.81. The number of ketones is 3. The minimum Gasteiger partial charge on any atom is -0.376 e. The van der Waals surface area contributed by atoms with Crippen LogP contribution in [0.4, 0.5) is 0 Å². The molecule has 3 rings (SSSR count). The number of carbonyl (C=O) groups is 3. The quantitative estimate of drug-likeness (QED) is 0.460. The van der Waals surface area contributed by atoms with Gasteiger partial charge in [0.2, 0.25) is 0 Å². The summed E-state index contributed by atoms with van der Waals surface area (Å²) in [6.07, 6.45) is 1.21. The first-order valence-corrected chi connectivity index (χ1v) is 12.6. The van der Waals surface area contributed by atoms with E-state index in [-0.39, 0.29) is 47.1 Å².